The lowest BCUT2D eigenvalue weighted by Gasteiger charge is -2.06. The zero-order valence-electron chi connectivity index (χ0n) is 10.0. The largest absolute Gasteiger partial charge is 0.478 e. The Labute approximate surface area is 110 Å². The number of hydrogen-bond acceptors (Lipinski definition) is 3. The molecule has 0 radical (unpaired) electrons. The normalized spacial score (nSPS) is 10.5. The molecule has 0 aliphatic rings. The molecule has 0 aliphatic heterocycles. The fourth-order valence-corrected chi connectivity index (χ4v) is 2.69. The number of carboxylic acids is 1. The Morgan fingerprint density at radius 1 is 1.44 bits per heavy atom. The van der Waals surface area contributed by atoms with Crippen LogP contribution in [0.5, 0.6) is 0 Å². The van der Waals surface area contributed by atoms with Gasteiger partial charge in [-0.25, -0.2) is 9.78 Å². The molecule has 0 bridgehead atoms. The van der Waals surface area contributed by atoms with Crippen molar-refractivity contribution in [3.8, 4) is 0 Å². The van der Waals surface area contributed by atoms with E-state index in [1.165, 1.54) is 11.8 Å². The summed E-state index contributed by atoms with van der Waals surface area (Å²) in [5.74, 6) is 0.741. The second-order valence-corrected chi connectivity index (χ2v) is 4.74. The molecule has 18 heavy (non-hydrogen) atoms. The summed E-state index contributed by atoms with van der Waals surface area (Å²) in [6.07, 6.45) is 3.70. The van der Waals surface area contributed by atoms with Gasteiger partial charge in [-0.3, -0.25) is 0 Å². The summed E-state index contributed by atoms with van der Waals surface area (Å²) in [6, 6.07) is 7.03. The van der Waals surface area contributed by atoms with Crippen molar-refractivity contribution in [1.29, 1.82) is 0 Å². The molecule has 1 N–H and O–H groups in total. The van der Waals surface area contributed by atoms with Gasteiger partial charge in [0.25, 0.3) is 0 Å². The topological polar surface area (TPSA) is 55.1 Å². The first-order valence-corrected chi connectivity index (χ1v) is 6.66. The SMILES string of the molecule is CCn1ccnc1CSc1ccccc1C(=O)O. The van der Waals surface area contributed by atoms with Crippen LogP contribution in [0.2, 0.25) is 0 Å². The van der Waals surface area contributed by atoms with E-state index in [-0.39, 0.29) is 0 Å². The lowest BCUT2D eigenvalue weighted by molar-refractivity contribution is 0.0693. The van der Waals surface area contributed by atoms with Crippen LogP contribution in [-0.2, 0) is 12.3 Å². The minimum absolute atomic E-state index is 0.345. The molecular weight excluding hydrogens is 248 g/mol. The minimum Gasteiger partial charge on any atom is -0.478 e. The van der Waals surface area contributed by atoms with Crippen molar-refractivity contribution in [2.45, 2.75) is 24.1 Å². The number of nitrogens with zero attached hydrogens (tertiary/aromatic N) is 2. The second-order valence-electron chi connectivity index (χ2n) is 3.72. The molecule has 0 atom stereocenters. The molecule has 5 heteroatoms. The molecule has 0 saturated carbocycles. The zero-order valence-corrected chi connectivity index (χ0v) is 10.9. The third kappa shape index (κ3) is 2.73. The highest BCUT2D eigenvalue weighted by Crippen LogP contribution is 2.25. The monoisotopic (exact) mass is 262 g/mol. The number of carbonyl (C=O) groups is 1. The highest BCUT2D eigenvalue weighted by atomic mass is 32.2. The number of hydrogen-bond donors (Lipinski definition) is 1. The summed E-state index contributed by atoms with van der Waals surface area (Å²) in [7, 11) is 0. The van der Waals surface area contributed by atoms with Crippen molar-refractivity contribution >= 4 is 17.7 Å². The summed E-state index contributed by atoms with van der Waals surface area (Å²) < 4.78 is 2.05. The van der Waals surface area contributed by atoms with E-state index in [1.54, 1.807) is 18.3 Å². The lowest BCUT2D eigenvalue weighted by atomic mass is 10.2. The van der Waals surface area contributed by atoms with Gasteiger partial charge in [-0.1, -0.05) is 12.1 Å². The van der Waals surface area contributed by atoms with Crippen molar-refractivity contribution in [3.05, 3.63) is 48.0 Å². The maximum atomic E-state index is 11.1. The van der Waals surface area contributed by atoms with Gasteiger partial charge in [-0.05, 0) is 19.1 Å². The van der Waals surface area contributed by atoms with Crippen LogP contribution in [-0.4, -0.2) is 20.6 Å². The molecule has 0 unspecified atom stereocenters. The van der Waals surface area contributed by atoms with Crippen LogP contribution in [0.1, 0.15) is 23.1 Å². The molecule has 94 valence electrons. The molecule has 2 aromatic rings. The van der Waals surface area contributed by atoms with Crippen LogP contribution in [0, 0.1) is 0 Å². The van der Waals surface area contributed by atoms with Crippen molar-refractivity contribution in [2.75, 3.05) is 0 Å². The number of carboxylic acid groups (broad SMARTS) is 1. The highest BCUT2D eigenvalue weighted by Gasteiger charge is 2.10. The number of aromatic nitrogens is 2. The predicted octanol–water partition coefficient (Wildman–Crippen LogP) is 2.89. The number of thioether (sulfide) groups is 1. The summed E-state index contributed by atoms with van der Waals surface area (Å²) in [5.41, 5.74) is 0.345. The van der Waals surface area contributed by atoms with E-state index in [9.17, 15) is 4.79 Å². The Hall–Kier alpha value is -1.75. The third-order valence-corrected chi connectivity index (χ3v) is 3.69. The fraction of sp³-hybridized carbons (Fsp3) is 0.231. The van der Waals surface area contributed by atoms with Crippen molar-refractivity contribution < 1.29 is 9.90 Å². The summed E-state index contributed by atoms with van der Waals surface area (Å²) >= 11 is 1.50. The summed E-state index contributed by atoms with van der Waals surface area (Å²) in [4.78, 5) is 16.1. The van der Waals surface area contributed by atoms with Gasteiger partial charge >= 0.3 is 5.97 Å². The number of imidazole rings is 1. The minimum atomic E-state index is -0.892. The molecule has 0 aliphatic carbocycles. The van der Waals surface area contributed by atoms with E-state index >= 15 is 0 Å². The molecule has 0 amide bonds. The lowest BCUT2D eigenvalue weighted by Crippen LogP contribution is -2.01. The van der Waals surface area contributed by atoms with Crippen molar-refractivity contribution in [3.63, 3.8) is 0 Å². The van der Waals surface area contributed by atoms with Gasteiger partial charge in [0, 0.05) is 23.8 Å². The van der Waals surface area contributed by atoms with Gasteiger partial charge in [0.2, 0.25) is 0 Å². The van der Waals surface area contributed by atoms with Gasteiger partial charge in [0.15, 0.2) is 0 Å². The van der Waals surface area contributed by atoms with E-state index in [0.29, 0.717) is 11.3 Å². The standard InChI is InChI=1S/C13H14N2O2S/c1-2-15-8-7-14-12(15)9-18-11-6-4-3-5-10(11)13(16)17/h3-8H,2,9H2,1H3,(H,16,17). The average molecular weight is 262 g/mol. The number of aromatic carboxylic acids is 1. The molecule has 1 heterocycles. The molecule has 0 saturated heterocycles. The highest BCUT2D eigenvalue weighted by molar-refractivity contribution is 7.98. The first-order valence-electron chi connectivity index (χ1n) is 5.67. The maximum Gasteiger partial charge on any atom is 0.336 e. The summed E-state index contributed by atoms with van der Waals surface area (Å²) in [6.45, 7) is 2.93. The van der Waals surface area contributed by atoms with Gasteiger partial charge < -0.3 is 9.67 Å². The molecule has 1 aromatic heterocycles. The number of benzene rings is 1. The van der Waals surface area contributed by atoms with Crippen LogP contribution >= 0.6 is 11.8 Å². The first-order chi connectivity index (χ1) is 8.72. The third-order valence-electron chi connectivity index (χ3n) is 2.62. The molecule has 1 aromatic carbocycles. The van der Waals surface area contributed by atoms with Gasteiger partial charge in [-0.2, -0.15) is 0 Å². The maximum absolute atomic E-state index is 11.1. The summed E-state index contributed by atoms with van der Waals surface area (Å²) in [5, 5.41) is 9.09. The van der Waals surface area contributed by atoms with Crippen LogP contribution in [0.25, 0.3) is 0 Å². The van der Waals surface area contributed by atoms with Crippen LogP contribution in [0.4, 0.5) is 0 Å². The van der Waals surface area contributed by atoms with E-state index in [1.807, 2.05) is 18.3 Å². The number of aryl methyl sites for hydroxylation is 1. The smallest absolute Gasteiger partial charge is 0.336 e. The Morgan fingerprint density at radius 2 is 2.22 bits per heavy atom. The van der Waals surface area contributed by atoms with Crippen LogP contribution in [0.15, 0.2) is 41.6 Å². The molecule has 0 spiro atoms. The van der Waals surface area contributed by atoms with E-state index in [4.69, 9.17) is 5.11 Å². The van der Waals surface area contributed by atoms with Crippen LogP contribution in [0.3, 0.4) is 0 Å². The van der Waals surface area contributed by atoms with Gasteiger partial charge in [-0.15, -0.1) is 11.8 Å². The van der Waals surface area contributed by atoms with Crippen LogP contribution < -0.4 is 0 Å². The van der Waals surface area contributed by atoms with Gasteiger partial charge in [0.05, 0.1) is 11.3 Å². The molecular formula is C13H14N2O2S. The molecule has 2 rings (SSSR count). The zero-order chi connectivity index (χ0) is 13.0. The Morgan fingerprint density at radius 3 is 2.94 bits per heavy atom. The van der Waals surface area contributed by atoms with E-state index in [0.717, 1.165) is 17.3 Å². The first kappa shape index (κ1) is 12.7. The average Bonchev–Trinajstić information content (AvgIpc) is 2.84. The van der Waals surface area contributed by atoms with E-state index < -0.39 is 5.97 Å². The van der Waals surface area contributed by atoms with Crippen molar-refractivity contribution in [2.24, 2.45) is 0 Å². The van der Waals surface area contributed by atoms with Gasteiger partial charge in [0.1, 0.15) is 5.82 Å². The Balaban J connectivity index is 2.13. The Bertz CT molecular complexity index is 551. The second kappa shape index (κ2) is 5.73. The fourth-order valence-electron chi connectivity index (χ4n) is 1.68. The quantitative estimate of drug-likeness (QED) is 0.842. The molecule has 0 fully saturated rings. The molecule has 4 nitrogen and oxygen atoms in total. The number of rotatable bonds is 5. The predicted molar refractivity (Wildman–Crippen MR) is 70.9 cm³/mol. The van der Waals surface area contributed by atoms with E-state index in [2.05, 4.69) is 16.5 Å². The van der Waals surface area contributed by atoms with Crippen molar-refractivity contribution in [1.82, 2.24) is 9.55 Å². The Kier molecular flexibility index (Phi) is 4.04.